The van der Waals surface area contributed by atoms with E-state index in [0.29, 0.717) is 11.3 Å². The second-order valence-electron chi connectivity index (χ2n) is 5.85. The topological polar surface area (TPSA) is 75.7 Å². The molecule has 0 aromatic heterocycles. The molecule has 7 nitrogen and oxygen atoms in total. The molecule has 0 saturated carbocycles. The lowest BCUT2D eigenvalue weighted by Crippen LogP contribution is -2.45. The number of nitro benzene ring substituents is 1. The van der Waals surface area contributed by atoms with E-state index in [1.807, 2.05) is 35.2 Å². The Bertz CT molecular complexity index is 844. The van der Waals surface area contributed by atoms with Crippen molar-refractivity contribution in [1.82, 2.24) is 4.90 Å². The summed E-state index contributed by atoms with van der Waals surface area (Å²) in [5, 5.41) is 10.8. The Morgan fingerprint density at radius 2 is 1.72 bits per heavy atom. The first-order valence-electron chi connectivity index (χ1n) is 7.89. The lowest BCUT2D eigenvalue weighted by Gasteiger charge is -2.32. The third kappa shape index (κ3) is 2.97. The zero-order valence-corrected chi connectivity index (χ0v) is 13.2. The number of hydrogen-bond acceptors (Lipinski definition) is 5. The van der Waals surface area contributed by atoms with E-state index in [9.17, 15) is 14.9 Å². The van der Waals surface area contributed by atoms with E-state index < -0.39 is 11.2 Å². The number of nitro groups is 1. The average molecular weight is 337 g/mol. The molecule has 1 fully saturated rings. The van der Waals surface area contributed by atoms with Gasteiger partial charge < -0.3 is 4.74 Å². The van der Waals surface area contributed by atoms with Crippen LogP contribution in [0.1, 0.15) is 5.56 Å². The lowest BCUT2D eigenvalue weighted by molar-refractivity contribution is -0.384. The fourth-order valence-corrected chi connectivity index (χ4v) is 2.70. The Morgan fingerprint density at radius 3 is 2.32 bits per heavy atom. The highest BCUT2D eigenvalue weighted by atomic mass is 16.6. The maximum atomic E-state index is 12.8. The van der Waals surface area contributed by atoms with Gasteiger partial charge >= 0.3 is 0 Å². The molecule has 2 aliphatic rings. The Morgan fingerprint density at radius 1 is 1.04 bits per heavy atom. The van der Waals surface area contributed by atoms with Gasteiger partial charge in [-0.05, 0) is 24.3 Å². The summed E-state index contributed by atoms with van der Waals surface area (Å²) < 4.78 is 5.89. The number of carbonyl (C=O) groups excluding carboxylic acids is 1. The molecule has 0 spiro atoms. The summed E-state index contributed by atoms with van der Waals surface area (Å²) in [6.45, 7) is 1.62. The molecule has 1 amide bonds. The number of non-ortho nitro benzene ring substituents is 1. The van der Waals surface area contributed by atoms with E-state index in [-0.39, 0.29) is 11.6 Å². The van der Waals surface area contributed by atoms with Gasteiger partial charge in [0.2, 0.25) is 6.23 Å². The van der Waals surface area contributed by atoms with E-state index in [2.05, 4.69) is 0 Å². The Balaban J connectivity index is 1.72. The average Bonchev–Trinajstić information content (AvgIpc) is 3.48. The summed E-state index contributed by atoms with van der Waals surface area (Å²) in [4.78, 5) is 26.6. The quantitative estimate of drug-likeness (QED) is 0.487. The van der Waals surface area contributed by atoms with E-state index in [0.717, 1.165) is 18.8 Å². The van der Waals surface area contributed by atoms with Crippen LogP contribution in [0.4, 0.5) is 11.4 Å². The van der Waals surface area contributed by atoms with Gasteiger partial charge in [-0.2, -0.15) is 0 Å². The molecule has 4 rings (SSSR count). The molecule has 0 radical (unpaired) electrons. The van der Waals surface area contributed by atoms with Crippen LogP contribution in [0.15, 0.2) is 60.8 Å². The van der Waals surface area contributed by atoms with Crippen molar-refractivity contribution in [2.75, 3.05) is 18.0 Å². The predicted octanol–water partition coefficient (Wildman–Crippen LogP) is 2.60. The molecule has 2 aromatic carbocycles. The van der Waals surface area contributed by atoms with Gasteiger partial charge in [0.15, 0.2) is 0 Å². The lowest BCUT2D eigenvalue weighted by atomic mass is 10.1. The van der Waals surface area contributed by atoms with E-state index in [4.69, 9.17) is 4.74 Å². The summed E-state index contributed by atoms with van der Waals surface area (Å²) >= 11 is 0. The highest BCUT2D eigenvalue weighted by Crippen LogP contribution is 2.31. The highest BCUT2D eigenvalue weighted by molar-refractivity contribution is 6.01. The Hall–Kier alpha value is -3.19. The van der Waals surface area contributed by atoms with Crippen molar-refractivity contribution >= 4 is 23.0 Å². The maximum absolute atomic E-state index is 12.8. The second kappa shape index (κ2) is 6.03. The van der Waals surface area contributed by atoms with Gasteiger partial charge in [-0.25, -0.2) is 0 Å². The van der Waals surface area contributed by atoms with Crippen molar-refractivity contribution in [3.05, 3.63) is 76.5 Å². The summed E-state index contributed by atoms with van der Waals surface area (Å²) in [6, 6.07) is 15.4. The molecule has 1 unspecified atom stereocenters. The van der Waals surface area contributed by atoms with Crippen molar-refractivity contribution in [1.29, 1.82) is 0 Å². The maximum Gasteiger partial charge on any atom is 0.287 e. The third-order valence-electron chi connectivity index (χ3n) is 4.14. The van der Waals surface area contributed by atoms with Gasteiger partial charge in [0.25, 0.3) is 11.6 Å². The minimum atomic E-state index is -0.671. The van der Waals surface area contributed by atoms with Gasteiger partial charge in [-0.1, -0.05) is 18.2 Å². The van der Waals surface area contributed by atoms with Gasteiger partial charge in [-0.3, -0.25) is 24.7 Å². The summed E-state index contributed by atoms with van der Waals surface area (Å²) in [6.07, 6.45) is 0.967. The van der Waals surface area contributed by atoms with Crippen molar-refractivity contribution < 1.29 is 14.5 Å². The van der Waals surface area contributed by atoms with Crippen LogP contribution in [0.3, 0.4) is 0 Å². The van der Waals surface area contributed by atoms with Crippen LogP contribution in [0, 0.1) is 10.1 Å². The number of hydrogen-bond donors (Lipinski definition) is 0. The molecule has 2 aromatic rings. The number of benzene rings is 2. The highest BCUT2D eigenvalue weighted by Gasteiger charge is 2.41. The number of para-hydroxylation sites is 1. The minimum absolute atomic E-state index is 0.0126. The third-order valence-corrected chi connectivity index (χ3v) is 4.14. The standard InChI is InChI=1S/C18H15N3O4/c22-17-18(19-10-11-19)25-16(12-20(17)14-4-2-1-3-5-14)13-6-8-15(9-7-13)21(23)24/h1-9,12,18H,10-11H2. The number of ether oxygens (including phenoxy) is 1. The SMILES string of the molecule is O=C1C(N2CC2)OC(c2ccc([N+](=O)[O-])cc2)=CN1c1ccccc1. The predicted molar refractivity (Wildman–Crippen MR) is 91.4 cm³/mol. The van der Waals surface area contributed by atoms with Crippen molar-refractivity contribution in [2.24, 2.45) is 0 Å². The van der Waals surface area contributed by atoms with Gasteiger partial charge in [0.05, 0.1) is 11.1 Å². The zero-order valence-electron chi connectivity index (χ0n) is 13.2. The van der Waals surface area contributed by atoms with E-state index in [1.54, 1.807) is 23.2 Å². The van der Waals surface area contributed by atoms with Crippen LogP contribution in [-0.2, 0) is 9.53 Å². The van der Waals surface area contributed by atoms with Gasteiger partial charge in [0.1, 0.15) is 5.76 Å². The normalized spacial score (nSPS) is 20.0. The molecule has 2 heterocycles. The molecular weight excluding hydrogens is 322 g/mol. The first-order chi connectivity index (χ1) is 12.1. The summed E-state index contributed by atoms with van der Waals surface area (Å²) in [5.74, 6) is 0.365. The number of amides is 1. The van der Waals surface area contributed by atoms with Crippen LogP contribution in [0.25, 0.3) is 5.76 Å². The van der Waals surface area contributed by atoms with Crippen LogP contribution >= 0.6 is 0 Å². The number of nitrogens with zero attached hydrogens (tertiary/aromatic N) is 3. The number of anilines is 1. The molecule has 25 heavy (non-hydrogen) atoms. The first-order valence-corrected chi connectivity index (χ1v) is 7.89. The Labute approximate surface area is 143 Å². The molecule has 1 atom stereocenters. The van der Waals surface area contributed by atoms with Crippen molar-refractivity contribution in [2.45, 2.75) is 6.23 Å². The van der Waals surface area contributed by atoms with Gasteiger partial charge in [0, 0.05) is 36.5 Å². The number of rotatable bonds is 4. The molecule has 1 saturated heterocycles. The minimum Gasteiger partial charge on any atom is -0.463 e. The molecular formula is C18H15N3O4. The van der Waals surface area contributed by atoms with Crippen LogP contribution < -0.4 is 4.90 Å². The van der Waals surface area contributed by atoms with E-state index in [1.165, 1.54) is 12.1 Å². The summed E-state index contributed by atoms with van der Waals surface area (Å²) in [5.41, 5.74) is 1.45. The molecule has 0 N–H and O–H groups in total. The zero-order chi connectivity index (χ0) is 17.4. The molecule has 0 aliphatic carbocycles. The fraction of sp³-hybridized carbons (Fsp3) is 0.167. The van der Waals surface area contributed by atoms with Crippen molar-refractivity contribution in [3.8, 4) is 0 Å². The molecule has 2 aliphatic heterocycles. The fourth-order valence-electron chi connectivity index (χ4n) is 2.70. The molecule has 126 valence electrons. The summed E-state index contributed by atoms with van der Waals surface area (Å²) in [7, 11) is 0. The first kappa shape index (κ1) is 15.3. The van der Waals surface area contributed by atoms with Crippen molar-refractivity contribution in [3.63, 3.8) is 0 Å². The van der Waals surface area contributed by atoms with Crippen LogP contribution in [0.5, 0.6) is 0 Å². The Kier molecular flexibility index (Phi) is 3.70. The second-order valence-corrected chi connectivity index (χ2v) is 5.85. The van der Waals surface area contributed by atoms with E-state index >= 15 is 0 Å². The van der Waals surface area contributed by atoms with Crippen LogP contribution in [0.2, 0.25) is 0 Å². The van der Waals surface area contributed by atoms with Crippen LogP contribution in [-0.4, -0.2) is 35.0 Å². The monoisotopic (exact) mass is 337 g/mol. The molecule has 0 bridgehead atoms. The van der Waals surface area contributed by atoms with Gasteiger partial charge in [-0.15, -0.1) is 0 Å². The largest absolute Gasteiger partial charge is 0.463 e. The number of carbonyl (C=O) groups is 1. The molecule has 7 heteroatoms. The smallest absolute Gasteiger partial charge is 0.287 e.